The molecule has 0 aliphatic heterocycles. The van der Waals surface area contributed by atoms with Gasteiger partial charge in [0.05, 0.1) is 6.04 Å². The lowest BCUT2D eigenvalue weighted by molar-refractivity contribution is 0.484. The lowest BCUT2D eigenvalue weighted by Crippen LogP contribution is -2.07. The van der Waals surface area contributed by atoms with Gasteiger partial charge in [-0.25, -0.2) is 4.39 Å². The third kappa shape index (κ3) is 3.78. The van der Waals surface area contributed by atoms with E-state index in [1.54, 1.807) is 12.1 Å². The molecular formula is C12H16FNO. The van der Waals surface area contributed by atoms with Crippen molar-refractivity contribution in [3.8, 4) is 0 Å². The van der Waals surface area contributed by atoms with E-state index in [0.717, 1.165) is 18.4 Å². The van der Waals surface area contributed by atoms with Crippen LogP contribution < -0.4 is 0 Å². The Labute approximate surface area is 89.5 Å². The molecule has 0 saturated heterocycles. The second-order valence-corrected chi connectivity index (χ2v) is 3.71. The van der Waals surface area contributed by atoms with Gasteiger partial charge in [0.25, 0.3) is 0 Å². The number of benzene rings is 1. The van der Waals surface area contributed by atoms with Gasteiger partial charge in [-0.2, -0.15) is 4.91 Å². The van der Waals surface area contributed by atoms with Gasteiger partial charge in [0.2, 0.25) is 0 Å². The molecule has 1 unspecified atom stereocenters. The highest BCUT2D eigenvalue weighted by Crippen LogP contribution is 2.13. The van der Waals surface area contributed by atoms with E-state index >= 15 is 0 Å². The minimum Gasteiger partial charge on any atom is -0.246 e. The van der Waals surface area contributed by atoms with E-state index in [-0.39, 0.29) is 6.04 Å². The summed E-state index contributed by atoms with van der Waals surface area (Å²) in [6.07, 6.45) is 2.35. The summed E-state index contributed by atoms with van der Waals surface area (Å²) in [5, 5.41) is 3.08. The molecule has 3 heteroatoms. The Hall–Kier alpha value is -1.25. The predicted molar refractivity (Wildman–Crippen MR) is 59.4 cm³/mol. The van der Waals surface area contributed by atoms with Crippen LogP contribution in [0.2, 0.25) is 0 Å². The maximum absolute atomic E-state index is 12.4. The highest BCUT2D eigenvalue weighted by atomic mass is 19.1. The third-order valence-electron chi connectivity index (χ3n) is 2.39. The summed E-state index contributed by atoms with van der Waals surface area (Å²) >= 11 is 0. The van der Waals surface area contributed by atoms with Gasteiger partial charge >= 0.3 is 0 Å². The molecule has 0 amide bonds. The van der Waals surface area contributed by atoms with Crippen LogP contribution in [0.4, 0.5) is 4.39 Å². The van der Waals surface area contributed by atoms with E-state index in [1.807, 2.05) is 19.1 Å². The minimum atomic E-state index is -0.458. The van der Waals surface area contributed by atoms with E-state index in [4.69, 9.17) is 0 Å². The maximum Gasteiger partial charge on any atom is 0.115 e. The van der Waals surface area contributed by atoms with Crippen LogP contribution in [0.15, 0.2) is 29.4 Å². The van der Waals surface area contributed by atoms with Crippen molar-refractivity contribution in [3.63, 3.8) is 0 Å². The fourth-order valence-electron chi connectivity index (χ4n) is 1.64. The van der Waals surface area contributed by atoms with Crippen molar-refractivity contribution in [1.29, 1.82) is 0 Å². The number of hydrogen-bond acceptors (Lipinski definition) is 2. The van der Waals surface area contributed by atoms with Gasteiger partial charge in [-0.3, -0.25) is 0 Å². The second kappa shape index (κ2) is 6.27. The number of alkyl halides is 1. The van der Waals surface area contributed by atoms with Crippen LogP contribution in [-0.4, -0.2) is 6.04 Å². The topological polar surface area (TPSA) is 29.4 Å². The van der Waals surface area contributed by atoms with Gasteiger partial charge in [0.1, 0.15) is 6.67 Å². The highest BCUT2D eigenvalue weighted by Gasteiger charge is 2.08. The molecule has 1 aromatic carbocycles. The Morgan fingerprint density at radius 2 is 2.13 bits per heavy atom. The van der Waals surface area contributed by atoms with Crippen molar-refractivity contribution < 1.29 is 4.39 Å². The first-order valence-corrected chi connectivity index (χ1v) is 5.26. The van der Waals surface area contributed by atoms with Crippen LogP contribution in [0.5, 0.6) is 0 Å². The van der Waals surface area contributed by atoms with Gasteiger partial charge in [-0.1, -0.05) is 42.8 Å². The Kier molecular flexibility index (Phi) is 4.95. The molecule has 1 aromatic rings. The zero-order chi connectivity index (χ0) is 11.1. The standard InChI is InChI=1S/C12H16FNO/c1-2-4-12(14-15)8-10-5-3-6-11(7-10)9-13/h3,5-7,12H,2,4,8-9H2,1H3. The summed E-state index contributed by atoms with van der Waals surface area (Å²) in [7, 11) is 0. The van der Waals surface area contributed by atoms with Gasteiger partial charge in [0.15, 0.2) is 0 Å². The fourth-order valence-corrected chi connectivity index (χ4v) is 1.64. The van der Waals surface area contributed by atoms with Crippen LogP contribution in [0, 0.1) is 4.91 Å². The van der Waals surface area contributed by atoms with Crippen LogP contribution in [0.3, 0.4) is 0 Å². The largest absolute Gasteiger partial charge is 0.246 e. The van der Waals surface area contributed by atoms with Gasteiger partial charge in [-0.05, 0) is 24.0 Å². The van der Waals surface area contributed by atoms with Gasteiger partial charge in [-0.15, -0.1) is 0 Å². The number of nitroso groups, excluding NO2 is 1. The fraction of sp³-hybridized carbons (Fsp3) is 0.500. The Morgan fingerprint density at radius 3 is 2.73 bits per heavy atom. The SMILES string of the molecule is CCCC(Cc1cccc(CF)c1)N=O. The number of halogens is 1. The molecule has 82 valence electrons. The number of hydrogen-bond donors (Lipinski definition) is 0. The first-order chi connectivity index (χ1) is 7.30. The average Bonchev–Trinajstić information content (AvgIpc) is 2.29. The summed E-state index contributed by atoms with van der Waals surface area (Å²) in [6.45, 7) is 1.57. The first kappa shape index (κ1) is 11.8. The van der Waals surface area contributed by atoms with E-state index in [1.165, 1.54) is 0 Å². The minimum absolute atomic E-state index is 0.176. The molecule has 2 nitrogen and oxygen atoms in total. The molecule has 1 rings (SSSR count). The van der Waals surface area contributed by atoms with E-state index in [9.17, 15) is 9.30 Å². The van der Waals surface area contributed by atoms with Crippen molar-refractivity contribution >= 4 is 0 Å². The quantitative estimate of drug-likeness (QED) is 0.658. The lowest BCUT2D eigenvalue weighted by Gasteiger charge is -2.08. The molecule has 0 heterocycles. The van der Waals surface area contributed by atoms with Crippen LogP contribution >= 0.6 is 0 Å². The molecule has 0 aliphatic rings. The van der Waals surface area contributed by atoms with Crippen molar-refractivity contribution in [3.05, 3.63) is 40.3 Å². The molecule has 0 aromatic heterocycles. The van der Waals surface area contributed by atoms with Gasteiger partial charge < -0.3 is 0 Å². The molecule has 1 atom stereocenters. The summed E-state index contributed by atoms with van der Waals surface area (Å²) < 4.78 is 12.4. The van der Waals surface area contributed by atoms with E-state index in [0.29, 0.717) is 12.0 Å². The van der Waals surface area contributed by atoms with Crippen molar-refractivity contribution in [2.75, 3.05) is 0 Å². The number of rotatable bonds is 6. The second-order valence-electron chi connectivity index (χ2n) is 3.71. The first-order valence-electron chi connectivity index (χ1n) is 5.26. The van der Waals surface area contributed by atoms with E-state index < -0.39 is 6.67 Å². The van der Waals surface area contributed by atoms with Crippen molar-refractivity contribution in [1.82, 2.24) is 0 Å². The molecule has 0 spiro atoms. The summed E-state index contributed by atoms with van der Waals surface area (Å²) in [5.41, 5.74) is 1.65. The summed E-state index contributed by atoms with van der Waals surface area (Å²) in [6, 6.07) is 7.09. The predicted octanol–water partition coefficient (Wildman–Crippen LogP) is 3.63. The smallest absolute Gasteiger partial charge is 0.115 e. The zero-order valence-corrected chi connectivity index (χ0v) is 8.95. The van der Waals surface area contributed by atoms with Crippen LogP contribution in [-0.2, 0) is 13.1 Å². The monoisotopic (exact) mass is 209 g/mol. The average molecular weight is 209 g/mol. The molecule has 0 N–H and O–H groups in total. The molecular weight excluding hydrogens is 193 g/mol. The van der Waals surface area contributed by atoms with Crippen molar-refractivity contribution in [2.45, 2.75) is 38.9 Å². The van der Waals surface area contributed by atoms with Crippen molar-refractivity contribution in [2.24, 2.45) is 5.18 Å². The van der Waals surface area contributed by atoms with E-state index in [2.05, 4.69) is 5.18 Å². The maximum atomic E-state index is 12.4. The third-order valence-corrected chi connectivity index (χ3v) is 2.39. The molecule has 15 heavy (non-hydrogen) atoms. The zero-order valence-electron chi connectivity index (χ0n) is 8.95. The Morgan fingerprint density at radius 1 is 1.40 bits per heavy atom. The molecule has 0 fully saturated rings. The Bertz CT molecular complexity index is 314. The highest BCUT2D eigenvalue weighted by molar-refractivity contribution is 5.23. The molecule has 0 aliphatic carbocycles. The summed E-state index contributed by atoms with van der Waals surface area (Å²) in [5.74, 6) is 0. The normalized spacial score (nSPS) is 12.4. The number of nitrogens with zero attached hydrogens (tertiary/aromatic N) is 1. The molecule has 0 bridgehead atoms. The van der Waals surface area contributed by atoms with Gasteiger partial charge in [0, 0.05) is 0 Å². The Balaban J connectivity index is 2.65. The lowest BCUT2D eigenvalue weighted by atomic mass is 10.0. The van der Waals surface area contributed by atoms with Crippen LogP contribution in [0.1, 0.15) is 30.9 Å². The molecule has 0 radical (unpaired) electrons. The van der Waals surface area contributed by atoms with Crippen LogP contribution in [0.25, 0.3) is 0 Å². The molecule has 0 saturated carbocycles. The summed E-state index contributed by atoms with van der Waals surface area (Å²) in [4.78, 5) is 10.5.